The highest BCUT2D eigenvalue weighted by molar-refractivity contribution is 5.58. The summed E-state index contributed by atoms with van der Waals surface area (Å²) in [5, 5.41) is 3.40. The first-order chi connectivity index (χ1) is 10.6. The Balaban J connectivity index is 1.83. The Morgan fingerprint density at radius 2 is 2.05 bits per heavy atom. The SMILES string of the molecule is Cc1cccc(Nc2cc(C)nc(N3CCCC(C)C3)n2)c1. The Morgan fingerprint density at radius 1 is 1.18 bits per heavy atom. The van der Waals surface area contributed by atoms with Crippen molar-refractivity contribution < 1.29 is 0 Å². The van der Waals surface area contributed by atoms with Gasteiger partial charge in [0, 0.05) is 30.5 Å². The summed E-state index contributed by atoms with van der Waals surface area (Å²) in [7, 11) is 0. The number of hydrogen-bond donors (Lipinski definition) is 1. The van der Waals surface area contributed by atoms with Gasteiger partial charge in [-0.05, 0) is 50.3 Å². The van der Waals surface area contributed by atoms with Crippen LogP contribution in [0.3, 0.4) is 0 Å². The van der Waals surface area contributed by atoms with Crippen LogP contribution in [0.25, 0.3) is 0 Å². The summed E-state index contributed by atoms with van der Waals surface area (Å²) in [6.45, 7) is 8.52. The van der Waals surface area contributed by atoms with Gasteiger partial charge < -0.3 is 10.2 Å². The summed E-state index contributed by atoms with van der Waals surface area (Å²) in [5.74, 6) is 2.43. The van der Waals surface area contributed by atoms with Crippen LogP contribution in [0.15, 0.2) is 30.3 Å². The van der Waals surface area contributed by atoms with Crippen molar-refractivity contribution in [1.82, 2.24) is 9.97 Å². The number of anilines is 3. The topological polar surface area (TPSA) is 41.1 Å². The fraction of sp³-hybridized carbons (Fsp3) is 0.444. The van der Waals surface area contributed by atoms with Crippen LogP contribution in [0.2, 0.25) is 0 Å². The van der Waals surface area contributed by atoms with E-state index in [0.717, 1.165) is 36.2 Å². The molecule has 0 aliphatic carbocycles. The summed E-state index contributed by atoms with van der Waals surface area (Å²) in [5.41, 5.74) is 3.30. The van der Waals surface area contributed by atoms with Gasteiger partial charge >= 0.3 is 0 Å². The van der Waals surface area contributed by atoms with Gasteiger partial charge in [-0.3, -0.25) is 0 Å². The molecule has 0 spiro atoms. The predicted molar refractivity (Wildman–Crippen MR) is 91.8 cm³/mol. The third kappa shape index (κ3) is 3.56. The van der Waals surface area contributed by atoms with E-state index in [9.17, 15) is 0 Å². The third-order valence-corrected chi connectivity index (χ3v) is 4.07. The lowest BCUT2D eigenvalue weighted by molar-refractivity contribution is 0.442. The van der Waals surface area contributed by atoms with Crippen LogP contribution in [0.5, 0.6) is 0 Å². The zero-order valence-corrected chi connectivity index (χ0v) is 13.6. The van der Waals surface area contributed by atoms with E-state index in [1.54, 1.807) is 0 Å². The molecular weight excluding hydrogens is 272 g/mol. The van der Waals surface area contributed by atoms with Gasteiger partial charge in [0.25, 0.3) is 0 Å². The first-order valence-electron chi connectivity index (χ1n) is 8.04. The molecule has 0 radical (unpaired) electrons. The predicted octanol–water partition coefficient (Wildman–Crippen LogP) is 4.07. The van der Waals surface area contributed by atoms with Crippen molar-refractivity contribution in [2.45, 2.75) is 33.6 Å². The third-order valence-electron chi connectivity index (χ3n) is 4.07. The molecule has 1 aromatic heterocycles. The number of nitrogens with zero attached hydrogens (tertiary/aromatic N) is 3. The van der Waals surface area contributed by atoms with Gasteiger partial charge in [0.05, 0.1) is 0 Å². The van der Waals surface area contributed by atoms with E-state index < -0.39 is 0 Å². The van der Waals surface area contributed by atoms with Crippen molar-refractivity contribution in [3.05, 3.63) is 41.6 Å². The van der Waals surface area contributed by atoms with E-state index in [-0.39, 0.29) is 0 Å². The molecule has 1 atom stereocenters. The molecule has 4 nitrogen and oxygen atoms in total. The maximum absolute atomic E-state index is 4.72. The summed E-state index contributed by atoms with van der Waals surface area (Å²) < 4.78 is 0. The molecule has 1 saturated heterocycles. The number of piperidine rings is 1. The van der Waals surface area contributed by atoms with Crippen LogP contribution < -0.4 is 10.2 Å². The first-order valence-corrected chi connectivity index (χ1v) is 8.04. The smallest absolute Gasteiger partial charge is 0.227 e. The van der Waals surface area contributed by atoms with Gasteiger partial charge in [0.2, 0.25) is 5.95 Å². The molecule has 22 heavy (non-hydrogen) atoms. The van der Waals surface area contributed by atoms with Crippen LogP contribution in [0.4, 0.5) is 17.5 Å². The molecule has 2 heterocycles. The van der Waals surface area contributed by atoms with Gasteiger partial charge in [0.1, 0.15) is 5.82 Å². The molecule has 3 rings (SSSR count). The average molecular weight is 296 g/mol. The lowest BCUT2D eigenvalue weighted by Gasteiger charge is -2.31. The largest absolute Gasteiger partial charge is 0.340 e. The highest BCUT2D eigenvalue weighted by atomic mass is 15.3. The number of hydrogen-bond acceptors (Lipinski definition) is 4. The van der Waals surface area contributed by atoms with Gasteiger partial charge in [-0.1, -0.05) is 19.1 Å². The maximum atomic E-state index is 4.72. The van der Waals surface area contributed by atoms with E-state index >= 15 is 0 Å². The summed E-state index contributed by atoms with van der Waals surface area (Å²) in [6, 6.07) is 10.3. The van der Waals surface area contributed by atoms with Gasteiger partial charge in [-0.15, -0.1) is 0 Å². The fourth-order valence-corrected chi connectivity index (χ4v) is 3.00. The normalized spacial score (nSPS) is 18.3. The molecule has 1 fully saturated rings. The van der Waals surface area contributed by atoms with Crippen molar-refractivity contribution in [3.63, 3.8) is 0 Å². The van der Waals surface area contributed by atoms with E-state index in [0.29, 0.717) is 5.92 Å². The van der Waals surface area contributed by atoms with Crippen LogP contribution in [0, 0.1) is 19.8 Å². The average Bonchev–Trinajstić information content (AvgIpc) is 2.46. The summed E-state index contributed by atoms with van der Waals surface area (Å²) >= 11 is 0. The molecule has 1 N–H and O–H groups in total. The van der Waals surface area contributed by atoms with Gasteiger partial charge in [0.15, 0.2) is 0 Å². The number of nitrogens with one attached hydrogen (secondary N) is 1. The highest BCUT2D eigenvalue weighted by Crippen LogP contribution is 2.23. The number of rotatable bonds is 3. The van der Waals surface area contributed by atoms with Gasteiger partial charge in [-0.2, -0.15) is 4.98 Å². The molecule has 4 heteroatoms. The Hall–Kier alpha value is -2.10. The Kier molecular flexibility index (Phi) is 4.27. The number of benzene rings is 1. The quantitative estimate of drug-likeness (QED) is 0.927. The fourth-order valence-electron chi connectivity index (χ4n) is 3.00. The minimum Gasteiger partial charge on any atom is -0.340 e. The second-order valence-corrected chi connectivity index (χ2v) is 6.38. The Morgan fingerprint density at radius 3 is 2.82 bits per heavy atom. The van der Waals surface area contributed by atoms with Crippen LogP contribution >= 0.6 is 0 Å². The number of aryl methyl sites for hydroxylation is 2. The molecular formula is C18H24N4. The standard InChI is InChI=1S/C18H24N4/c1-13-6-4-8-16(10-13)20-17-11-15(3)19-18(21-17)22-9-5-7-14(2)12-22/h4,6,8,10-11,14H,5,7,9,12H2,1-3H3,(H,19,20,21). The molecule has 116 valence electrons. The summed E-state index contributed by atoms with van der Waals surface area (Å²) in [6.07, 6.45) is 2.52. The van der Waals surface area contributed by atoms with E-state index in [4.69, 9.17) is 4.98 Å². The van der Waals surface area contributed by atoms with Crippen molar-refractivity contribution in [2.24, 2.45) is 5.92 Å². The number of aromatic nitrogens is 2. The van der Waals surface area contributed by atoms with Crippen molar-refractivity contribution in [2.75, 3.05) is 23.3 Å². The summed E-state index contributed by atoms with van der Waals surface area (Å²) in [4.78, 5) is 11.7. The van der Waals surface area contributed by atoms with Crippen LogP contribution in [-0.4, -0.2) is 23.1 Å². The van der Waals surface area contributed by atoms with Crippen molar-refractivity contribution in [1.29, 1.82) is 0 Å². The lowest BCUT2D eigenvalue weighted by Crippen LogP contribution is -2.35. The van der Waals surface area contributed by atoms with Crippen LogP contribution in [0.1, 0.15) is 31.0 Å². The maximum Gasteiger partial charge on any atom is 0.227 e. The second kappa shape index (κ2) is 6.34. The molecule has 1 unspecified atom stereocenters. The molecule has 1 aliphatic heterocycles. The molecule has 0 bridgehead atoms. The molecule has 0 amide bonds. The minimum atomic E-state index is 0.714. The van der Waals surface area contributed by atoms with Gasteiger partial charge in [-0.25, -0.2) is 4.98 Å². The second-order valence-electron chi connectivity index (χ2n) is 6.38. The molecule has 1 aliphatic rings. The zero-order valence-electron chi connectivity index (χ0n) is 13.6. The van der Waals surface area contributed by atoms with Crippen molar-refractivity contribution >= 4 is 17.5 Å². The Bertz CT molecular complexity index is 653. The van der Waals surface area contributed by atoms with Crippen molar-refractivity contribution in [3.8, 4) is 0 Å². The Labute approximate surface area is 132 Å². The van der Waals surface area contributed by atoms with E-state index in [1.165, 1.54) is 18.4 Å². The minimum absolute atomic E-state index is 0.714. The molecule has 0 saturated carbocycles. The zero-order chi connectivity index (χ0) is 15.5. The van der Waals surface area contributed by atoms with E-state index in [2.05, 4.69) is 53.3 Å². The first kappa shape index (κ1) is 14.8. The monoisotopic (exact) mass is 296 g/mol. The van der Waals surface area contributed by atoms with E-state index in [1.807, 2.05) is 13.0 Å². The molecule has 1 aromatic carbocycles. The van der Waals surface area contributed by atoms with Crippen LogP contribution in [-0.2, 0) is 0 Å². The lowest BCUT2D eigenvalue weighted by atomic mass is 10.0. The molecule has 2 aromatic rings. The highest BCUT2D eigenvalue weighted by Gasteiger charge is 2.19.